The molecule has 0 aliphatic carbocycles. The van der Waals surface area contributed by atoms with Crippen LogP contribution >= 0.6 is 0 Å². The van der Waals surface area contributed by atoms with Crippen molar-refractivity contribution in [2.24, 2.45) is 14.1 Å². The van der Waals surface area contributed by atoms with E-state index in [1.54, 1.807) is 0 Å². The molecule has 7 nitrogen and oxygen atoms in total. The summed E-state index contributed by atoms with van der Waals surface area (Å²) in [6.45, 7) is 6.74. The molecule has 5 aromatic heterocycles. The smallest absolute Gasteiger partial charge is 0.267 e. The van der Waals surface area contributed by atoms with Crippen LogP contribution in [0.4, 0.5) is 0 Å². The first kappa shape index (κ1) is 35.9. The number of ether oxygens (including phenoxy) is 1. The Morgan fingerprint density at radius 3 is 1.98 bits per heavy atom. The van der Waals surface area contributed by atoms with E-state index < -0.39 is 0 Å². The zero-order valence-electron chi connectivity index (χ0n) is 32.7. The van der Waals surface area contributed by atoms with Gasteiger partial charge in [0.1, 0.15) is 5.82 Å². The molecule has 5 heterocycles. The molecule has 0 aliphatic heterocycles. The Labute approximate surface area is 350 Å². The van der Waals surface area contributed by atoms with Crippen LogP contribution in [0.5, 0.6) is 11.5 Å². The van der Waals surface area contributed by atoms with Crippen LogP contribution in [0, 0.1) is 18.5 Å². The van der Waals surface area contributed by atoms with E-state index in [0.717, 1.165) is 39.0 Å². The van der Waals surface area contributed by atoms with Crippen molar-refractivity contribution in [3.05, 3.63) is 164 Å². The van der Waals surface area contributed by atoms with E-state index >= 15 is 0 Å². The van der Waals surface area contributed by atoms with Crippen molar-refractivity contribution in [2.75, 3.05) is 0 Å². The maximum Gasteiger partial charge on any atom is 0.267 e. The molecule has 0 N–H and O–H groups in total. The molecule has 0 bridgehead atoms. The predicted octanol–water partition coefficient (Wildman–Crippen LogP) is 11.0. The van der Waals surface area contributed by atoms with Gasteiger partial charge in [0.15, 0.2) is 0 Å². The molecule has 58 heavy (non-hydrogen) atoms. The summed E-state index contributed by atoms with van der Waals surface area (Å²) < 4.78 is 17.6. The van der Waals surface area contributed by atoms with Crippen molar-refractivity contribution < 1.29 is 30.4 Å². The number of imidazole rings is 1. The van der Waals surface area contributed by atoms with Crippen molar-refractivity contribution in [1.29, 1.82) is 0 Å². The summed E-state index contributed by atoms with van der Waals surface area (Å²) in [5.41, 5.74) is 9.72. The summed E-state index contributed by atoms with van der Waals surface area (Å²) >= 11 is 0. The Balaban J connectivity index is 0.00000408. The van der Waals surface area contributed by atoms with Gasteiger partial charge in [-0.25, -0.2) is 4.98 Å². The van der Waals surface area contributed by atoms with Crippen LogP contribution in [0.3, 0.4) is 0 Å². The monoisotopic (exact) mass is 933 g/mol. The number of aryl methyl sites for hydroxylation is 2. The first-order valence-electron chi connectivity index (χ1n) is 19.3. The van der Waals surface area contributed by atoms with E-state index in [9.17, 15) is 0 Å². The van der Waals surface area contributed by atoms with Crippen LogP contribution in [-0.4, -0.2) is 23.3 Å². The molecule has 0 spiro atoms. The van der Waals surface area contributed by atoms with E-state index in [-0.39, 0.29) is 26.5 Å². The zero-order valence-corrected chi connectivity index (χ0v) is 35.0. The summed E-state index contributed by atoms with van der Waals surface area (Å²) in [7, 11) is 4.38. The van der Waals surface area contributed by atoms with E-state index in [2.05, 4.69) is 146 Å². The number of nitrogens with zero attached hydrogens (tertiary/aromatic N) is 6. The Bertz CT molecular complexity index is 3400. The van der Waals surface area contributed by atoms with Crippen LogP contribution in [0.15, 0.2) is 140 Å². The topological polar surface area (TPSA) is 45.7 Å². The fourth-order valence-electron chi connectivity index (χ4n) is 8.75. The van der Waals surface area contributed by atoms with Gasteiger partial charge >= 0.3 is 0 Å². The number of para-hydroxylation sites is 3. The first-order chi connectivity index (χ1) is 27.7. The van der Waals surface area contributed by atoms with Gasteiger partial charge < -0.3 is 23.0 Å². The SMILES string of the molecule is Cn1c2ccccc2c2c1c1c3ccc(Oc4[c-]c(-[n+]5[c-]n(-c6ccccc6)cc5)ccc4)[c-]c3n(-c3cc(C(C)(C)C)ccn3)c1c1c3ccccc3n(C)c21.[Pt]. The van der Waals surface area contributed by atoms with E-state index in [4.69, 9.17) is 9.72 Å². The quantitative estimate of drug-likeness (QED) is 0.128. The van der Waals surface area contributed by atoms with Gasteiger partial charge in [-0.15, -0.1) is 24.3 Å². The fraction of sp³-hybridized carbons (Fsp3) is 0.120. The van der Waals surface area contributed by atoms with E-state index in [1.807, 2.05) is 70.2 Å². The largest absolute Gasteiger partial charge is 0.510 e. The van der Waals surface area contributed by atoms with Gasteiger partial charge in [-0.2, -0.15) is 18.2 Å². The Morgan fingerprint density at radius 2 is 1.28 bits per heavy atom. The van der Waals surface area contributed by atoms with Gasteiger partial charge in [0.25, 0.3) is 6.33 Å². The predicted molar refractivity (Wildman–Crippen MR) is 229 cm³/mol. The summed E-state index contributed by atoms with van der Waals surface area (Å²) in [6.07, 6.45) is 9.29. The molecule has 11 aromatic rings. The van der Waals surface area contributed by atoms with Crippen molar-refractivity contribution in [3.8, 4) is 28.7 Å². The second-order valence-electron chi connectivity index (χ2n) is 15.9. The minimum Gasteiger partial charge on any atom is -0.510 e. The summed E-state index contributed by atoms with van der Waals surface area (Å²) in [5.74, 6) is 2.01. The zero-order chi connectivity index (χ0) is 38.6. The third kappa shape index (κ3) is 5.37. The Hall–Kier alpha value is -6.43. The van der Waals surface area contributed by atoms with Gasteiger partial charge in [0, 0.05) is 103 Å². The third-order valence-corrected chi connectivity index (χ3v) is 11.5. The minimum absolute atomic E-state index is 0. The molecule has 8 heteroatoms. The molecule has 11 rings (SSSR count). The molecule has 0 unspecified atom stereocenters. The van der Waals surface area contributed by atoms with Crippen molar-refractivity contribution in [1.82, 2.24) is 23.3 Å². The number of benzene rings is 6. The van der Waals surface area contributed by atoms with Crippen LogP contribution in [0.2, 0.25) is 0 Å². The molecule has 0 saturated carbocycles. The number of hydrogen-bond donors (Lipinski definition) is 0. The fourth-order valence-corrected chi connectivity index (χ4v) is 8.75. The molecule has 0 fully saturated rings. The van der Waals surface area contributed by atoms with Gasteiger partial charge in [0.2, 0.25) is 0 Å². The van der Waals surface area contributed by atoms with E-state index in [1.165, 1.54) is 49.2 Å². The normalized spacial score (nSPS) is 12.1. The average Bonchev–Trinajstić information content (AvgIpc) is 3.99. The van der Waals surface area contributed by atoms with Crippen molar-refractivity contribution in [2.45, 2.75) is 26.2 Å². The van der Waals surface area contributed by atoms with Gasteiger partial charge in [0.05, 0.1) is 16.7 Å². The van der Waals surface area contributed by atoms with Crippen molar-refractivity contribution in [3.63, 3.8) is 0 Å². The first-order valence-corrected chi connectivity index (χ1v) is 19.3. The number of hydrogen-bond acceptors (Lipinski definition) is 2. The Morgan fingerprint density at radius 1 is 0.638 bits per heavy atom. The summed E-state index contributed by atoms with van der Waals surface area (Å²) in [5, 5.41) is 7.11. The number of pyridine rings is 1. The molecule has 0 amide bonds. The Kier molecular flexibility index (Phi) is 8.26. The van der Waals surface area contributed by atoms with Gasteiger partial charge in [-0.05, 0) is 58.5 Å². The number of aromatic nitrogens is 6. The second-order valence-corrected chi connectivity index (χ2v) is 15.9. The van der Waals surface area contributed by atoms with Crippen LogP contribution in [0.25, 0.3) is 82.6 Å². The standard InChI is InChI=1S/C50H38N6O.Pt/c1-50(2,3)32-24-25-51-43(28-32)56-42-30-36(57-35-17-13-16-34(29-35)55-27-26-54(31-55)33-14-7-6-8-15-33)22-23-39(42)46-48-44(37-18-9-11-20-40(37)52(48)4)47-45(49(46)56)38-19-10-12-21-41(38)53(47)5;/h6-28H,1-5H3;/q-2;. The van der Waals surface area contributed by atoms with Crippen LogP contribution < -0.4 is 9.30 Å². The van der Waals surface area contributed by atoms with Gasteiger partial charge in [-0.3, -0.25) is 4.57 Å². The number of rotatable bonds is 5. The minimum atomic E-state index is -0.0787. The molecule has 286 valence electrons. The molecule has 0 aliphatic rings. The molecule has 0 saturated heterocycles. The summed E-state index contributed by atoms with van der Waals surface area (Å²) in [6, 6.07) is 49.3. The maximum atomic E-state index is 6.64. The van der Waals surface area contributed by atoms with Gasteiger partial charge in [-0.1, -0.05) is 86.3 Å². The molecule has 6 aromatic carbocycles. The summed E-state index contributed by atoms with van der Waals surface area (Å²) in [4.78, 5) is 5.09. The molecular weight excluding hydrogens is 896 g/mol. The average molecular weight is 934 g/mol. The second kappa shape index (κ2) is 13.3. The van der Waals surface area contributed by atoms with Crippen LogP contribution in [-0.2, 0) is 40.6 Å². The van der Waals surface area contributed by atoms with E-state index in [0.29, 0.717) is 11.5 Å². The maximum absolute atomic E-state index is 6.64. The van der Waals surface area contributed by atoms with Crippen molar-refractivity contribution >= 4 is 65.4 Å². The number of fused-ring (bicyclic) bond motifs is 12. The molecular formula is C50H38N6OPt-2. The van der Waals surface area contributed by atoms with Crippen LogP contribution in [0.1, 0.15) is 26.3 Å². The molecule has 0 radical (unpaired) electrons. The third-order valence-electron chi connectivity index (χ3n) is 11.5. The molecule has 0 atom stereocenters.